The lowest BCUT2D eigenvalue weighted by Gasteiger charge is -2.31. The van der Waals surface area contributed by atoms with Crippen molar-refractivity contribution in [1.82, 2.24) is 10.6 Å². The fourth-order valence-corrected chi connectivity index (χ4v) is 3.71. The molecule has 1 aromatic rings. The van der Waals surface area contributed by atoms with Gasteiger partial charge in [-0.2, -0.15) is 0 Å². The van der Waals surface area contributed by atoms with E-state index in [1.165, 1.54) is 6.07 Å². The van der Waals surface area contributed by atoms with Crippen molar-refractivity contribution in [3.05, 3.63) is 35.1 Å². The molecule has 4 nitrogen and oxygen atoms in total. The summed E-state index contributed by atoms with van der Waals surface area (Å²) in [6.45, 7) is 5.61. The van der Waals surface area contributed by atoms with Gasteiger partial charge in [0.05, 0.1) is 12.1 Å². The number of hydrogen-bond acceptors (Lipinski definition) is 3. The summed E-state index contributed by atoms with van der Waals surface area (Å²) in [5.41, 5.74) is 1.68. The third kappa shape index (κ3) is 3.78. The van der Waals surface area contributed by atoms with E-state index in [0.717, 1.165) is 43.6 Å². The number of carbonyl (C=O) groups is 1. The fourth-order valence-electron chi connectivity index (χ4n) is 3.71. The van der Waals surface area contributed by atoms with Crippen LogP contribution in [-0.4, -0.2) is 31.2 Å². The molecule has 2 aliphatic rings. The lowest BCUT2D eigenvalue weighted by molar-refractivity contribution is -0.125. The molecule has 1 aromatic carbocycles. The maximum absolute atomic E-state index is 13.9. The molecule has 132 valence electrons. The van der Waals surface area contributed by atoms with E-state index in [4.69, 9.17) is 4.74 Å². The van der Waals surface area contributed by atoms with Crippen LogP contribution in [-0.2, 0) is 16.0 Å². The highest BCUT2D eigenvalue weighted by atomic mass is 19.1. The standard InChI is InChI=1S/C19H27FN2O2/c1-12(2)18(21-13-8-10-24-11-9-13)19(23)22-17-7-6-14-15(17)4-3-5-16(14)20/h3-5,12-13,17-18,21H,6-11H2,1-2H3,(H,22,23)/t17-,18-/m0/s1. The number of benzene rings is 1. The fraction of sp³-hybridized carbons (Fsp3) is 0.632. The number of fused-ring (bicyclic) bond motifs is 1. The van der Waals surface area contributed by atoms with Gasteiger partial charge in [-0.15, -0.1) is 0 Å². The van der Waals surface area contributed by atoms with Crippen LogP contribution in [0, 0.1) is 11.7 Å². The Labute approximate surface area is 143 Å². The summed E-state index contributed by atoms with van der Waals surface area (Å²) in [7, 11) is 0. The maximum Gasteiger partial charge on any atom is 0.237 e. The molecule has 0 aromatic heterocycles. The van der Waals surface area contributed by atoms with Crippen molar-refractivity contribution in [3.63, 3.8) is 0 Å². The van der Waals surface area contributed by atoms with Crippen molar-refractivity contribution < 1.29 is 13.9 Å². The van der Waals surface area contributed by atoms with Crippen molar-refractivity contribution in [2.75, 3.05) is 13.2 Å². The molecule has 1 fully saturated rings. The van der Waals surface area contributed by atoms with E-state index in [9.17, 15) is 9.18 Å². The van der Waals surface area contributed by atoms with Gasteiger partial charge in [-0.1, -0.05) is 26.0 Å². The predicted molar refractivity (Wildman–Crippen MR) is 91.2 cm³/mol. The molecule has 24 heavy (non-hydrogen) atoms. The Morgan fingerprint density at radius 2 is 2.00 bits per heavy atom. The Morgan fingerprint density at radius 1 is 1.25 bits per heavy atom. The van der Waals surface area contributed by atoms with E-state index in [-0.39, 0.29) is 29.7 Å². The molecule has 0 saturated carbocycles. The van der Waals surface area contributed by atoms with Crippen LogP contribution < -0.4 is 10.6 Å². The number of carbonyl (C=O) groups excluding carboxylic acids is 1. The molecule has 1 heterocycles. The lowest BCUT2D eigenvalue weighted by atomic mass is 9.99. The van der Waals surface area contributed by atoms with Gasteiger partial charge in [-0.05, 0) is 48.8 Å². The molecule has 1 aliphatic carbocycles. The average Bonchev–Trinajstić information content (AvgIpc) is 2.97. The zero-order valence-corrected chi connectivity index (χ0v) is 14.5. The summed E-state index contributed by atoms with van der Waals surface area (Å²) in [5.74, 6) is 0.0461. The third-order valence-electron chi connectivity index (χ3n) is 5.12. The zero-order valence-electron chi connectivity index (χ0n) is 14.5. The topological polar surface area (TPSA) is 50.4 Å². The average molecular weight is 334 g/mol. The maximum atomic E-state index is 13.9. The van der Waals surface area contributed by atoms with Crippen LogP contribution in [0.1, 0.15) is 50.3 Å². The van der Waals surface area contributed by atoms with E-state index in [1.807, 2.05) is 6.07 Å². The molecule has 1 amide bonds. The van der Waals surface area contributed by atoms with Crippen LogP contribution in [0.15, 0.2) is 18.2 Å². The van der Waals surface area contributed by atoms with Crippen LogP contribution in [0.25, 0.3) is 0 Å². The summed E-state index contributed by atoms with van der Waals surface area (Å²) in [5, 5.41) is 6.63. The second-order valence-electron chi connectivity index (χ2n) is 7.18. The Balaban J connectivity index is 1.65. The van der Waals surface area contributed by atoms with Gasteiger partial charge < -0.3 is 15.4 Å². The SMILES string of the molecule is CC(C)[C@H](NC1CCOCC1)C(=O)N[C@H]1CCc2c(F)cccc21. The highest BCUT2D eigenvalue weighted by molar-refractivity contribution is 5.82. The molecular formula is C19H27FN2O2. The highest BCUT2D eigenvalue weighted by Crippen LogP contribution is 2.32. The van der Waals surface area contributed by atoms with E-state index >= 15 is 0 Å². The number of halogens is 1. The first-order chi connectivity index (χ1) is 11.6. The van der Waals surface area contributed by atoms with Crippen molar-refractivity contribution >= 4 is 5.91 Å². The molecule has 3 rings (SSSR count). The van der Waals surface area contributed by atoms with Crippen molar-refractivity contribution in [2.24, 2.45) is 5.92 Å². The van der Waals surface area contributed by atoms with Gasteiger partial charge in [0.25, 0.3) is 0 Å². The molecule has 0 radical (unpaired) electrons. The summed E-state index contributed by atoms with van der Waals surface area (Å²) in [6, 6.07) is 5.15. The van der Waals surface area contributed by atoms with Crippen molar-refractivity contribution in [2.45, 2.75) is 57.7 Å². The molecule has 0 spiro atoms. The lowest BCUT2D eigenvalue weighted by Crippen LogP contribution is -2.52. The van der Waals surface area contributed by atoms with Gasteiger partial charge in [0.1, 0.15) is 5.82 Å². The van der Waals surface area contributed by atoms with Crippen LogP contribution in [0.2, 0.25) is 0 Å². The number of amides is 1. The molecule has 2 atom stereocenters. The van der Waals surface area contributed by atoms with Crippen LogP contribution in [0.4, 0.5) is 4.39 Å². The Hall–Kier alpha value is -1.46. The number of ether oxygens (including phenoxy) is 1. The van der Waals surface area contributed by atoms with Gasteiger partial charge in [-0.25, -0.2) is 4.39 Å². The monoisotopic (exact) mass is 334 g/mol. The van der Waals surface area contributed by atoms with E-state index < -0.39 is 0 Å². The minimum Gasteiger partial charge on any atom is -0.381 e. The van der Waals surface area contributed by atoms with Gasteiger partial charge in [0.2, 0.25) is 5.91 Å². The molecule has 0 unspecified atom stereocenters. The Kier molecular flexibility index (Phi) is 5.51. The molecule has 0 bridgehead atoms. The normalized spacial score (nSPS) is 22.4. The smallest absolute Gasteiger partial charge is 0.237 e. The summed E-state index contributed by atoms with van der Waals surface area (Å²) >= 11 is 0. The molecule has 1 aliphatic heterocycles. The van der Waals surface area contributed by atoms with E-state index in [1.54, 1.807) is 6.07 Å². The highest BCUT2D eigenvalue weighted by Gasteiger charge is 2.31. The van der Waals surface area contributed by atoms with E-state index in [2.05, 4.69) is 24.5 Å². The number of hydrogen-bond donors (Lipinski definition) is 2. The predicted octanol–water partition coefficient (Wildman–Crippen LogP) is 2.72. The third-order valence-corrected chi connectivity index (χ3v) is 5.12. The minimum atomic E-state index is -0.231. The molecule has 5 heteroatoms. The Bertz CT molecular complexity index is 585. The minimum absolute atomic E-state index is 0.0126. The summed E-state index contributed by atoms with van der Waals surface area (Å²) in [4.78, 5) is 12.8. The first-order valence-electron chi connectivity index (χ1n) is 8.97. The number of nitrogens with one attached hydrogen (secondary N) is 2. The van der Waals surface area contributed by atoms with Crippen LogP contribution in [0.3, 0.4) is 0 Å². The van der Waals surface area contributed by atoms with E-state index in [0.29, 0.717) is 12.5 Å². The van der Waals surface area contributed by atoms with Gasteiger partial charge >= 0.3 is 0 Å². The van der Waals surface area contributed by atoms with Gasteiger partial charge in [0, 0.05) is 19.3 Å². The summed E-state index contributed by atoms with van der Waals surface area (Å²) < 4.78 is 19.2. The second kappa shape index (κ2) is 7.62. The quantitative estimate of drug-likeness (QED) is 0.870. The first-order valence-corrected chi connectivity index (χ1v) is 8.97. The first kappa shape index (κ1) is 17.4. The van der Waals surface area contributed by atoms with Crippen molar-refractivity contribution in [3.8, 4) is 0 Å². The largest absolute Gasteiger partial charge is 0.381 e. The zero-order chi connectivity index (χ0) is 17.1. The van der Waals surface area contributed by atoms with Crippen LogP contribution >= 0.6 is 0 Å². The summed E-state index contributed by atoms with van der Waals surface area (Å²) in [6.07, 6.45) is 3.33. The second-order valence-corrected chi connectivity index (χ2v) is 7.18. The van der Waals surface area contributed by atoms with Gasteiger partial charge in [0.15, 0.2) is 0 Å². The number of rotatable bonds is 5. The Morgan fingerprint density at radius 3 is 2.71 bits per heavy atom. The molecule has 1 saturated heterocycles. The van der Waals surface area contributed by atoms with Gasteiger partial charge in [-0.3, -0.25) is 4.79 Å². The van der Waals surface area contributed by atoms with Crippen molar-refractivity contribution in [1.29, 1.82) is 0 Å². The molecule has 2 N–H and O–H groups in total. The molecular weight excluding hydrogens is 307 g/mol. The van der Waals surface area contributed by atoms with Crippen LogP contribution in [0.5, 0.6) is 0 Å².